The zero-order valence-corrected chi connectivity index (χ0v) is 14.0. The Kier molecular flexibility index (Phi) is 4.22. The molecule has 6 heteroatoms. The van der Waals surface area contributed by atoms with Crippen LogP contribution >= 0.6 is 11.6 Å². The number of hydrogen-bond acceptors (Lipinski definition) is 4. The summed E-state index contributed by atoms with van der Waals surface area (Å²) >= 11 is 5.83. The van der Waals surface area contributed by atoms with Gasteiger partial charge in [0.2, 0.25) is 0 Å². The molecule has 1 aliphatic heterocycles. The number of methoxy groups -OCH3 is 1. The maximum Gasteiger partial charge on any atom is 0.141 e. The van der Waals surface area contributed by atoms with E-state index >= 15 is 0 Å². The summed E-state index contributed by atoms with van der Waals surface area (Å²) in [5, 5.41) is 6.81. The van der Waals surface area contributed by atoms with E-state index in [1.807, 2.05) is 19.2 Å². The number of anilines is 3. The maximum atomic E-state index is 13.3. The molecule has 2 aromatic rings. The molecule has 122 valence electrons. The molecule has 0 amide bonds. The Labute approximate surface area is 140 Å². The molecule has 4 nitrogen and oxygen atoms in total. The molecule has 1 atom stereocenters. The highest BCUT2D eigenvalue weighted by Crippen LogP contribution is 2.41. The van der Waals surface area contributed by atoms with E-state index in [0.29, 0.717) is 6.54 Å². The van der Waals surface area contributed by atoms with Gasteiger partial charge in [-0.15, -0.1) is 0 Å². The summed E-state index contributed by atoms with van der Waals surface area (Å²) in [5.41, 5.74) is 4.00. The third kappa shape index (κ3) is 2.88. The normalized spacial score (nSPS) is 16.0. The minimum absolute atomic E-state index is 0.104. The first-order valence-electron chi connectivity index (χ1n) is 7.39. The Morgan fingerprint density at radius 2 is 2.13 bits per heavy atom. The first-order valence-corrected chi connectivity index (χ1v) is 7.77. The van der Waals surface area contributed by atoms with E-state index in [0.717, 1.165) is 28.4 Å². The fourth-order valence-electron chi connectivity index (χ4n) is 2.81. The molecule has 0 saturated heterocycles. The molecule has 0 spiro atoms. The molecule has 0 aliphatic carbocycles. The van der Waals surface area contributed by atoms with Crippen molar-refractivity contribution in [1.29, 1.82) is 0 Å². The minimum atomic E-state index is -0.423. The topological polar surface area (TPSA) is 36.5 Å². The van der Waals surface area contributed by atoms with Crippen LogP contribution in [0.25, 0.3) is 0 Å². The Bertz CT molecular complexity index is 738. The lowest BCUT2D eigenvalue weighted by Gasteiger charge is -2.21. The van der Waals surface area contributed by atoms with Gasteiger partial charge >= 0.3 is 0 Å². The van der Waals surface area contributed by atoms with Gasteiger partial charge in [-0.3, -0.25) is 0 Å². The van der Waals surface area contributed by atoms with E-state index in [1.54, 1.807) is 19.2 Å². The van der Waals surface area contributed by atoms with Gasteiger partial charge in [-0.05, 0) is 37.3 Å². The predicted molar refractivity (Wildman–Crippen MR) is 93.2 cm³/mol. The average Bonchev–Trinajstić information content (AvgIpc) is 2.83. The van der Waals surface area contributed by atoms with Crippen LogP contribution in [-0.2, 0) is 6.54 Å². The zero-order valence-electron chi connectivity index (χ0n) is 13.3. The molecule has 0 fully saturated rings. The van der Waals surface area contributed by atoms with Crippen molar-refractivity contribution in [1.82, 2.24) is 0 Å². The number of hydrogen-bond donors (Lipinski definition) is 2. The summed E-state index contributed by atoms with van der Waals surface area (Å²) < 4.78 is 18.8. The monoisotopic (exact) mass is 335 g/mol. The second-order valence-electron chi connectivity index (χ2n) is 5.56. The molecule has 2 aromatic carbocycles. The van der Waals surface area contributed by atoms with E-state index < -0.39 is 5.82 Å². The summed E-state index contributed by atoms with van der Waals surface area (Å²) in [5.74, 6) is 0.389. The van der Waals surface area contributed by atoms with Gasteiger partial charge in [0.15, 0.2) is 0 Å². The van der Waals surface area contributed by atoms with E-state index in [1.165, 1.54) is 6.07 Å². The maximum absolute atomic E-state index is 13.3. The predicted octanol–water partition coefficient (Wildman–Crippen LogP) is 4.31. The molecule has 0 bridgehead atoms. The Morgan fingerprint density at radius 3 is 2.83 bits per heavy atom. The van der Waals surface area contributed by atoms with Crippen molar-refractivity contribution in [3.8, 4) is 5.75 Å². The van der Waals surface area contributed by atoms with E-state index in [9.17, 15) is 4.39 Å². The van der Waals surface area contributed by atoms with Gasteiger partial charge in [-0.25, -0.2) is 4.39 Å². The number of fused-ring (bicyclic) bond motifs is 1. The third-order valence-electron chi connectivity index (χ3n) is 4.15. The van der Waals surface area contributed by atoms with Gasteiger partial charge in [-0.2, -0.15) is 0 Å². The highest BCUT2D eigenvalue weighted by atomic mass is 35.5. The van der Waals surface area contributed by atoms with Crippen molar-refractivity contribution < 1.29 is 9.13 Å². The number of nitrogens with one attached hydrogen (secondary N) is 2. The quantitative estimate of drug-likeness (QED) is 0.873. The molecule has 0 saturated carbocycles. The number of halogens is 2. The van der Waals surface area contributed by atoms with Crippen molar-refractivity contribution in [3.05, 3.63) is 46.7 Å². The van der Waals surface area contributed by atoms with Crippen LogP contribution in [0.5, 0.6) is 5.75 Å². The van der Waals surface area contributed by atoms with Crippen molar-refractivity contribution in [2.75, 3.05) is 29.7 Å². The van der Waals surface area contributed by atoms with Gasteiger partial charge in [0.1, 0.15) is 11.6 Å². The smallest absolute Gasteiger partial charge is 0.141 e. The molecule has 0 radical (unpaired) electrons. The van der Waals surface area contributed by atoms with Gasteiger partial charge in [0.25, 0.3) is 0 Å². The standard InChI is InChI=1S/C17H19ClFN3O/c1-10-21-15-6-7-16(23-3)12(17(15)22(10)2)9-20-11-4-5-14(19)13(18)8-11/h4-8,10,20-21H,9H2,1-3H3. The number of rotatable bonds is 4. The summed E-state index contributed by atoms with van der Waals surface area (Å²) in [6.07, 6.45) is 0.219. The zero-order chi connectivity index (χ0) is 16.6. The van der Waals surface area contributed by atoms with Crippen LogP contribution in [0.3, 0.4) is 0 Å². The Hall–Kier alpha value is -2.14. The van der Waals surface area contributed by atoms with Crippen LogP contribution in [0.1, 0.15) is 12.5 Å². The number of benzene rings is 2. The highest BCUT2D eigenvalue weighted by molar-refractivity contribution is 6.31. The molecular formula is C17H19ClFN3O. The van der Waals surface area contributed by atoms with Gasteiger partial charge < -0.3 is 20.3 Å². The SMILES string of the molecule is COc1ccc2c(c1CNc1ccc(F)c(Cl)c1)N(C)C(C)N2. The van der Waals surface area contributed by atoms with Crippen LogP contribution in [0, 0.1) is 5.82 Å². The summed E-state index contributed by atoms with van der Waals surface area (Å²) in [6, 6.07) is 8.57. The fraction of sp³-hybridized carbons (Fsp3) is 0.294. The molecule has 23 heavy (non-hydrogen) atoms. The highest BCUT2D eigenvalue weighted by Gasteiger charge is 2.26. The van der Waals surface area contributed by atoms with Crippen molar-refractivity contribution >= 4 is 28.7 Å². The fourth-order valence-corrected chi connectivity index (χ4v) is 2.99. The molecule has 3 rings (SSSR count). The Morgan fingerprint density at radius 1 is 1.35 bits per heavy atom. The van der Waals surface area contributed by atoms with Crippen molar-refractivity contribution in [2.45, 2.75) is 19.6 Å². The van der Waals surface area contributed by atoms with Crippen LogP contribution in [-0.4, -0.2) is 20.3 Å². The molecular weight excluding hydrogens is 317 g/mol. The Balaban J connectivity index is 1.90. The van der Waals surface area contributed by atoms with Crippen molar-refractivity contribution in [2.24, 2.45) is 0 Å². The van der Waals surface area contributed by atoms with E-state index in [-0.39, 0.29) is 11.2 Å². The van der Waals surface area contributed by atoms with Crippen molar-refractivity contribution in [3.63, 3.8) is 0 Å². The second kappa shape index (κ2) is 6.16. The molecule has 0 aromatic heterocycles. The lowest BCUT2D eigenvalue weighted by molar-refractivity contribution is 0.410. The van der Waals surface area contributed by atoms with Crippen LogP contribution < -0.4 is 20.3 Å². The summed E-state index contributed by atoms with van der Waals surface area (Å²) in [4.78, 5) is 2.17. The van der Waals surface area contributed by atoms with E-state index in [2.05, 4.69) is 22.5 Å². The van der Waals surface area contributed by atoms with E-state index in [4.69, 9.17) is 16.3 Å². The molecule has 1 unspecified atom stereocenters. The molecule has 1 aliphatic rings. The minimum Gasteiger partial charge on any atom is -0.496 e. The third-order valence-corrected chi connectivity index (χ3v) is 4.44. The second-order valence-corrected chi connectivity index (χ2v) is 5.96. The molecule has 1 heterocycles. The van der Waals surface area contributed by atoms with Crippen LogP contribution in [0.4, 0.5) is 21.5 Å². The lowest BCUT2D eigenvalue weighted by atomic mass is 10.1. The number of ether oxygens (including phenoxy) is 1. The van der Waals surface area contributed by atoms with Crippen LogP contribution in [0.15, 0.2) is 30.3 Å². The average molecular weight is 336 g/mol. The lowest BCUT2D eigenvalue weighted by Crippen LogP contribution is -2.29. The molecule has 2 N–H and O–H groups in total. The van der Waals surface area contributed by atoms with Gasteiger partial charge in [0.05, 0.1) is 29.7 Å². The largest absolute Gasteiger partial charge is 0.496 e. The van der Waals surface area contributed by atoms with Gasteiger partial charge in [-0.1, -0.05) is 11.6 Å². The summed E-state index contributed by atoms with van der Waals surface area (Å²) in [7, 11) is 3.70. The number of nitrogens with zero attached hydrogens (tertiary/aromatic N) is 1. The first kappa shape index (κ1) is 15.7. The van der Waals surface area contributed by atoms with Crippen LogP contribution in [0.2, 0.25) is 5.02 Å². The van der Waals surface area contributed by atoms with Gasteiger partial charge in [0, 0.05) is 24.8 Å². The first-order chi connectivity index (χ1) is 11.0. The summed E-state index contributed by atoms with van der Waals surface area (Å²) in [6.45, 7) is 2.65.